The molecule has 0 aromatic rings. The minimum atomic E-state index is -3.42. The molecule has 86 valence electrons. The minimum absolute atomic E-state index is 0.00886. The largest absolute Gasteiger partial charge is 0.270 e. The Hall–Kier alpha value is -0.180. The van der Waals surface area contributed by atoms with E-state index in [4.69, 9.17) is 0 Å². The summed E-state index contributed by atoms with van der Waals surface area (Å²) in [4.78, 5) is 0. The molecule has 0 radical (unpaired) electrons. The number of nitrogens with one attached hydrogen (secondary N) is 1. The van der Waals surface area contributed by atoms with Gasteiger partial charge in [0.2, 0.25) is 10.0 Å². The smallest absolute Gasteiger partial charge is 0.264 e. The van der Waals surface area contributed by atoms with E-state index in [1.54, 1.807) is 0 Å². The molecule has 0 fully saturated rings. The van der Waals surface area contributed by atoms with Crippen molar-refractivity contribution in [2.45, 2.75) is 13.3 Å². The molecule has 0 aliphatic rings. The average molecular weight is 245 g/mol. The highest BCUT2D eigenvalue weighted by atomic mass is 32.2. The van der Waals surface area contributed by atoms with Crippen molar-refractivity contribution in [1.82, 2.24) is 4.72 Å². The number of hydrogen-bond donors (Lipinski definition) is 1. The van der Waals surface area contributed by atoms with E-state index in [1.165, 1.54) is 6.92 Å². The second kappa shape index (κ2) is 5.64. The van der Waals surface area contributed by atoms with Crippen molar-refractivity contribution < 1.29 is 21.0 Å². The summed E-state index contributed by atoms with van der Waals surface area (Å²) in [5.41, 5.74) is 0. The zero-order chi connectivity index (χ0) is 11.2. The Balaban J connectivity index is 3.59. The van der Waals surface area contributed by atoms with Gasteiger partial charge in [0.15, 0.2) is 0 Å². The lowest BCUT2D eigenvalue weighted by atomic mass is 10.5. The molecular formula is C6H15NO5S2. The quantitative estimate of drug-likeness (QED) is 0.473. The van der Waals surface area contributed by atoms with Crippen molar-refractivity contribution in [3.05, 3.63) is 0 Å². The van der Waals surface area contributed by atoms with E-state index in [0.717, 1.165) is 6.26 Å². The van der Waals surface area contributed by atoms with Crippen molar-refractivity contribution in [3.8, 4) is 0 Å². The number of sulfonamides is 1. The van der Waals surface area contributed by atoms with Crippen molar-refractivity contribution in [2.75, 3.05) is 25.2 Å². The van der Waals surface area contributed by atoms with E-state index >= 15 is 0 Å². The fourth-order valence-corrected chi connectivity index (χ4v) is 1.69. The molecule has 0 spiro atoms. The predicted molar refractivity (Wildman–Crippen MR) is 52.9 cm³/mol. The van der Waals surface area contributed by atoms with Crippen LogP contribution in [0.5, 0.6) is 0 Å². The molecule has 0 bridgehead atoms. The van der Waals surface area contributed by atoms with Crippen LogP contribution < -0.4 is 4.72 Å². The van der Waals surface area contributed by atoms with Crippen molar-refractivity contribution >= 4 is 20.1 Å². The van der Waals surface area contributed by atoms with Crippen molar-refractivity contribution in [2.24, 2.45) is 0 Å². The van der Waals surface area contributed by atoms with Crippen LogP contribution in [0.2, 0.25) is 0 Å². The number of hydrogen-bond acceptors (Lipinski definition) is 5. The Bertz CT molecular complexity index is 344. The van der Waals surface area contributed by atoms with Crippen LogP contribution in [0.25, 0.3) is 0 Å². The third kappa shape index (κ3) is 8.42. The molecule has 0 amide bonds. The molecule has 0 aromatic carbocycles. The molecule has 6 nitrogen and oxygen atoms in total. The van der Waals surface area contributed by atoms with Gasteiger partial charge in [-0.15, -0.1) is 0 Å². The first-order valence-corrected chi connectivity index (χ1v) is 7.55. The molecule has 0 aliphatic heterocycles. The van der Waals surface area contributed by atoms with Gasteiger partial charge in [-0.05, 0) is 13.3 Å². The number of rotatable bonds is 7. The summed E-state index contributed by atoms with van der Waals surface area (Å²) in [6.45, 7) is 1.70. The topological polar surface area (TPSA) is 89.5 Å². The van der Waals surface area contributed by atoms with E-state index in [-0.39, 0.29) is 18.9 Å². The molecule has 0 saturated carbocycles. The van der Waals surface area contributed by atoms with E-state index in [0.29, 0.717) is 6.42 Å². The van der Waals surface area contributed by atoms with Gasteiger partial charge in [-0.3, -0.25) is 4.18 Å². The first-order chi connectivity index (χ1) is 6.27. The Morgan fingerprint density at radius 1 is 1.21 bits per heavy atom. The van der Waals surface area contributed by atoms with Crippen LogP contribution in [-0.2, 0) is 24.3 Å². The molecule has 0 aliphatic carbocycles. The lowest BCUT2D eigenvalue weighted by Crippen LogP contribution is -2.27. The lowest BCUT2D eigenvalue weighted by molar-refractivity contribution is 0.316. The summed E-state index contributed by atoms with van der Waals surface area (Å²) in [6, 6.07) is 0. The Labute approximate surface area is 84.8 Å². The van der Waals surface area contributed by atoms with Gasteiger partial charge < -0.3 is 0 Å². The average Bonchev–Trinajstić information content (AvgIpc) is 2.01. The maximum Gasteiger partial charge on any atom is 0.264 e. The SMILES string of the molecule is CCS(=O)(=O)NCCCOS(C)(=O)=O. The molecule has 0 unspecified atom stereocenters. The van der Waals surface area contributed by atoms with Crippen LogP contribution in [0, 0.1) is 0 Å². The van der Waals surface area contributed by atoms with Gasteiger partial charge in [0, 0.05) is 6.54 Å². The molecule has 14 heavy (non-hydrogen) atoms. The van der Waals surface area contributed by atoms with Gasteiger partial charge in [0.25, 0.3) is 10.1 Å². The summed E-state index contributed by atoms with van der Waals surface area (Å²) in [5.74, 6) is 0.0138. The molecule has 0 atom stereocenters. The molecule has 0 aromatic heterocycles. The zero-order valence-electron chi connectivity index (χ0n) is 8.19. The fraction of sp³-hybridized carbons (Fsp3) is 1.00. The van der Waals surface area contributed by atoms with Crippen LogP contribution in [0.15, 0.2) is 0 Å². The summed E-state index contributed by atoms with van der Waals surface area (Å²) in [7, 11) is -6.61. The van der Waals surface area contributed by atoms with Gasteiger partial charge in [-0.25, -0.2) is 13.1 Å². The van der Waals surface area contributed by atoms with E-state index < -0.39 is 20.1 Å². The highest BCUT2D eigenvalue weighted by Gasteiger charge is 2.05. The summed E-state index contributed by atoms with van der Waals surface area (Å²) in [5, 5.41) is 0. The van der Waals surface area contributed by atoms with Gasteiger partial charge in [0.1, 0.15) is 0 Å². The summed E-state index contributed by atoms with van der Waals surface area (Å²) < 4.78 is 49.5. The molecule has 1 N–H and O–H groups in total. The highest BCUT2D eigenvalue weighted by Crippen LogP contribution is 1.90. The van der Waals surface area contributed by atoms with E-state index in [2.05, 4.69) is 8.91 Å². The maximum atomic E-state index is 10.9. The van der Waals surface area contributed by atoms with E-state index in [1.807, 2.05) is 0 Å². The second-order valence-corrected chi connectivity index (χ2v) is 6.42. The molecule has 0 rings (SSSR count). The molecule has 8 heteroatoms. The maximum absolute atomic E-state index is 10.9. The lowest BCUT2D eigenvalue weighted by Gasteiger charge is -2.03. The Kier molecular flexibility index (Phi) is 5.57. The first-order valence-electron chi connectivity index (χ1n) is 4.08. The third-order valence-corrected chi connectivity index (χ3v) is 3.32. The molecule has 0 saturated heterocycles. The van der Waals surface area contributed by atoms with Gasteiger partial charge in [-0.1, -0.05) is 0 Å². The summed E-state index contributed by atoms with van der Waals surface area (Å²) in [6.07, 6.45) is 1.27. The Morgan fingerprint density at radius 3 is 2.21 bits per heavy atom. The van der Waals surface area contributed by atoms with Crippen LogP contribution in [0.1, 0.15) is 13.3 Å². The standard InChI is InChI=1S/C6H15NO5S2/c1-3-14(10,11)7-5-4-6-12-13(2,8)9/h7H,3-6H2,1-2H3. The van der Waals surface area contributed by atoms with Gasteiger partial charge in [0.05, 0.1) is 18.6 Å². The molecular weight excluding hydrogens is 230 g/mol. The zero-order valence-corrected chi connectivity index (χ0v) is 9.82. The van der Waals surface area contributed by atoms with Gasteiger partial charge >= 0.3 is 0 Å². The van der Waals surface area contributed by atoms with Crippen LogP contribution in [-0.4, -0.2) is 42.0 Å². The second-order valence-electron chi connectivity index (χ2n) is 2.68. The molecule has 0 heterocycles. The third-order valence-electron chi connectivity index (χ3n) is 1.32. The minimum Gasteiger partial charge on any atom is -0.270 e. The monoisotopic (exact) mass is 245 g/mol. The van der Waals surface area contributed by atoms with Crippen LogP contribution >= 0.6 is 0 Å². The first kappa shape index (κ1) is 13.8. The highest BCUT2D eigenvalue weighted by molar-refractivity contribution is 7.89. The summed E-state index contributed by atoms with van der Waals surface area (Å²) >= 11 is 0. The normalized spacial score (nSPS) is 13.0. The van der Waals surface area contributed by atoms with Gasteiger partial charge in [-0.2, -0.15) is 8.42 Å². The predicted octanol–water partition coefficient (Wildman–Crippen LogP) is -0.708. The van der Waals surface area contributed by atoms with Crippen molar-refractivity contribution in [1.29, 1.82) is 0 Å². The van der Waals surface area contributed by atoms with E-state index in [9.17, 15) is 16.8 Å². The van der Waals surface area contributed by atoms with Crippen molar-refractivity contribution in [3.63, 3.8) is 0 Å². The Morgan fingerprint density at radius 2 is 1.79 bits per heavy atom. The van der Waals surface area contributed by atoms with Crippen LogP contribution in [0.3, 0.4) is 0 Å². The van der Waals surface area contributed by atoms with Crippen LogP contribution in [0.4, 0.5) is 0 Å². The fourth-order valence-electron chi connectivity index (χ4n) is 0.612.